The van der Waals surface area contributed by atoms with Crippen LogP contribution in [-0.2, 0) is 6.61 Å². The lowest BCUT2D eigenvalue weighted by atomic mass is 10.1. The molecule has 0 bridgehead atoms. The minimum atomic E-state index is 0.132. The summed E-state index contributed by atoms with van der Waals surface area (Å²) in [5, 5.41) is 3.78. The van der Waals surface area contributed by atoms with Crippen LogP contribution in [0.25, 0.3) is 0 Å². The smallest absolute Gasteiger partial charge is 0.174 e. The molecule has 0 aliphatic carbocycles. The summed E-state index contributed by atoms with van der Waals surface area (Å²) >= 11 is 0. The van der Waals surface area contributed by atoms with Crippen molar-refractivity contribution < 1.29 is 14.1 Å². The fourth-order valence-electron chi connectivity index (χ4n) is 1.58. The van der Waals surface area contributed by atoms with E-state index < -0.39 is 0 Å². The second-order valence-electron chi connectivity index (χ2n) is 4.02. The summed E-state index contributed by atoms with van der Waals surface area (Å²) in [5.74, 6) is 1.52. The van der Waals surface area contributed by atoms with Crippen molar-refractivity contribution in [3.63, 3.8) is 0 Å². The van der Waals surface area contributed by atoms with Crippen LogP contribution in [0.4, 0.5) is 0 Å². The van der Waals surface area contributed by atoms with Gasteiger partial charge in [0, 0.05) is 18.1 Å². The molecule has 4 heteroatoms. The Kier molecular flexibility index (Phi) is 3.77. The molecule has 2 aromatic rings. The Morgan fingerprint density at radius 1 is 1.33 bits per heavy atom. The van der Waals surface area contributed by atoms with Crippen LogP contribution in [0.2, 0.25) is 0 Å². The van der Waals surface area contributed by atoms with Crippen molar-refractivity contribution in [2.24, 2.45) is 0 Å². The van der Waals surface area contributed by atoms with Gasteiger partial charge in [0.2, 0.25) is 0 Å². The van der Waals surface area contributed by atoms with Gasteiger partial charge >= 0.3 is 0 Å². The molecule has 1 aromatic carbocycles. The van der Waals surface area contributed by atoms with Gasteiger partial charge in [-0.1, -0.05) is 12.1 Å². The zero-order chi connectivity index (χ0) is 13.0. The van der Waals surface area contributed by atoms with E-state index in [-0.39, 0.29) is 5.78 Å². The fourth-order valence-corrected chi connectivity index (χ4v) is 1.58. The van der Waals surface area contributed by atoms with Crippen molar-refractivity contribution in [3.05, 3.63) is 47.3 Å². The lowest BCUT2D eigenvalue weighted by Gasteiger charge is -2.04. The largest absolute Gasteiger partial charge is 0.486 e. The Morgan fingerprint density at radius 2 is 2.06 bits per heavy atom. The molecule has 18 heavy (non-hydrogen) atoms. The first-order chi connectivity index (χ1) is 8.69. The van der Waals surface area contributed by atoms with Crippen LogP contribution in [0, 0.1) is 6.92 Å². The van der Waals surface area contributed by atoms with Gasteiger partial charge in [-0.2, -0.15) is 0 Å². The van der Waals surface area contributed by atoms with Crippen molar-refractivity contribution in [2.45, 2.75) is 26.9 Å². The predicted molar refractivity (Wildman–Crippen MR) is 66.6 cm³/mol. The molecule has 0 saturated heterocycles. The van der Waals surface area contributed by atoms with Gasteiger partial charge in [-0.25, -0.2) is 0 Å². The predicted octanol–water partition coefficient (Wildman–Crippen LogP) is 3.15. The number of hydrogen-bond donors (Lipinski definition) is 0. The van der Waals surface area contributed by atoms with Crippen LogP contribution >= 0.6 is 0 Å². The number of hydrogen-bond acceptors (Lipinski definition) is 4. The Balaban J connectivity index is 1.96. The highest BCUT2D eigenvalue weighted by Gasteiger charge is 2.04. The SMILES string of the molecule is CCC(=O)c1ccc(OCc2cc(C)no2)cc1. The Labute approximate surface area is 106 Å². The average molecular weight is 245 g/mol. The molecule has 0 aliphatic heterocycles. The van der Waals surface area contributed by atoms with Gasteiger partial charge < -0.3 is 9.26 Å². The monoisotopic (exact) mass is 245 g/mol. The number of nitrogens with zero attached hydrogens (tertiary/aromatic N) is 1. The van der Waals surface area contributed by atoms with E-state index in [0.29, 0.717) is 30.1 Å². The molecule has 0 fully saturated rings. The summed E-state index contributed by atoms with van der Waals surface area (Å²) in [4.78, 5) is 11.4. The van der Waals surface area contributed by atoms with E-state index in [0.717, 1.165) is 5.69 Å². The second kappa shape index (κ2) is 5.49. The maximum absolute atomic E-state index is 11.4. The van der Waals surface area contributed by atoms with Crippen molar-refractivity contribution in [2.75, 3.05) is 0 Å². The van der Waals surface area contributed by atoms with E-state index in [1.807, 2.05) is 19.9 Å². The average Bonchev–Trinajstić information content (AvgIpc) is 2.82. The van der Waals surface area contributed by atoms with Gasteiger partial charge in [0.15, 0.2) is 11.5 Å². The zero-order valence-corrected chi connectivity index (χ0v) is 10.5. The summed E-state index contributed by atoms with van der Waals surface area (Å²) in [5.41, 5.74) is 1.54. The van der Waals surface area contributed by atoms with Gasteiger partial charge in [0.05, 0.1) is 5.69 Å². The second-order valence-corrected chi connectivity index (χ2v) is 4.02. The first kappa shape index (κ1) is 12.4. The number of aryl methyl sites for hydroxylation is 1. The fraction of sp³-hybridized carbons (Fsp3) is 0.286. The van der Waals surface area contributed by atoms with Gasteiger partial charge in [0.1, 0.15) is 12.4 Å². The summed E-state index contributed by atoms with van der Waals surface area (Å²) in [6.45, 7) is 4.04. The van der Waals surface area contributed by atoms with Gasteiger partial charge in [0.25, 0.3) is 0 Å². The van der Waals surface area contributed by atoms with Crippen LogP contribution < -0.4 is 4.74 Å². The molecule has 0 aliphatic rings. The lowest BCUT2D eigenvalue weighted by molar-refractivity contribution is 0.0988. The molecule has 1 aromatic heterocycles. The van der Waals surface area contributed by atoms with E-state index in [1.165, 1.54) is 0 Å². The van der Waals surface area contributed by atoms with Crippen LogP contribution in [0.15, 0.2) is 34.9 Å². The highest BCUT2D eigenvalue weighted by Crippen LogP contribution is 2.15. The minimum absolute atomic E-state index is 0.132. The minimum Gasteiger partial charge on any atom is -0.486 e. The molecule has 0 saturated carbocycles. The van der Waals surface area contributed by atoms with Crippen molar-refractivity contribution >= 4 is 5.78 Å². The number of Topliss-reactive ketones (excluding diaryl/α,β-unsaturated/α-hetero) is 1. The Hall–Kier alpha value is -2.10. The maximum atomic E-state index is 11.4. The topological polar surface area (TPSA) is 52.3 Å². The van der Waals surface area contributed by atoms with E-state index in [2.05, 4.69) is 5.16 Å². The van der Waals surface area contributed by atoms with Gasteiger partial charge in [-0.05, 0) is 31.2 Å². The number of aromatic nitrogens is 1. The Bertz CT molecular complexity index is 528. The standard InChI is InChI=1S/C14H15NO3/c1-3-14(16)11-4-6-12(7-5-11)17-9-13-8-10(2)15-18-13/h4-8H,3,9H2,1-2H3. The number of rotatable bonds is 5. The number of carbonyl (C=O) groups is 1. The van der Waals surface area contributed by atoms with E-state index in [4.69, 9.17) is 9.26 Å². The van der Waals surface area contributed by atoms with Crippen LogP contribution in [-0.4, -0.2) is 10.9 Å². The summed E-state index contributed by atoms with van der Waals surface area (Å²) < 4.78 is 10.6. The highest BCUT2D eigenvalue weighted by atomic mass is 16.5. The number of carbonyl (C=O) groups excluding carboxylic acids is 1. The quantitative estimate of drug-likeness (QED) is 0.759. The molecule has 2 rings (SSSR count). The first-order valence-corrected chi connectivity index (χ1v) is 5.87. The number of benzene rings is 1. The first-order valence-electron chi connectivity index (χ1n) is 5.87. The molecule has 4 nitrogen and oxygen atoms in total. The van der Waals surface area contributed by atoms with Crippen LogP contribution in [0.1, 0.15) is 35.2 Å². The van der Waals surface area contributed by atoms with Crippen LogP contribution in [0.5, 0.6) is 5.75 Å². The van der Waals surface area contributed by atoms with E-state index in [1.54, 1.807) is 24.3 Å². The normalized spacial score (nSPS) is 10.3. The number of ketones is 1. The third kappa shape index (κ3) is 2.97. The van der Waals surface area contributed by atoms with Crippen molar-refractivity contribution in [3.8, 4) is 5.75 Å². The third-order valence-corrected chi connectivity index (χ3v) is 2.56. The van der Waals surface area contributed by atoms with Gasteiger partial charge in [-0.15, -0.1) is 0 Å². The van der Waals surface area contributed by atoms with E-state index >= 15 is 0 Å². The molecule has 94 valence electrons. The summed E-state index contributed by atoms with van der Waals surface area (Å²) in [6.07, 6.45) is 0.511. The Morgan fingerprint density at radius 3 is 2.61 bits per heavy atom. The highest BCUT2D eigenvalue weighted by molar-refractivity contribution is 5.95. The molecular weight excluding hydrogens is 230 g/mol. The molecular formula is C14H15NO3. The molecule has 0 amide bonds. The van der Waals surface area contributed by atoms with Crippen molar-refractivity contribution in [1.29, 1.82) is 0 Å². The summed E-state index contributed by atoms with van der Waals surface area (Å²) in [7, 11) is 0. The van der Waals surface area contributed by atoms with Crippen LogP contribution in [0.3, 0.4) is 0 Å². The molecule has 0 radical (unpaired) electrons. The van der Waals surface area contributed by atoms with Gasteiger partial charge in [-0.3, -0.25) is 4.79 Å². The third-order valence-electron chi connectivity index (χ3n) is 2.56. The van der Waals surface area contributed by atoms with Crippen molar-refractivity contribution in [1.82, 2.24) is 5.16 Å². The van der Waals surface area contributed by atoms with E-state index in [9.17, 15) is 4.79 Å². The number of ether oxygens (including phenoxy) is 1. The maximum Gasteiger partial charge on any atom is 0.174 e. The molecule has 0 N–H and O–H groups in total. The summed E-state index contributed by atoms with van der Waals surface area (Å²) in [6, 6.07) is 8.94. The molecule has 0 spiro atoms. The molecule has 0 unspecified atom stereocenters. The zero-order valence-electron chi connectivity index (χ0n) is 10.5. The molecule has 1 heterocycles. The molecule has 0 atom stereocenters. The lowest BCUT2D eigenvalue weighted by Crippen LogP contribution is -1.97.